The van der Waals surface area contributed by atoms with E-state index in [1.54, 1.807) is 24.7 Å². The predicted octanol–water partition coefficient (Wildman–Crippen LogP) is 3.25. The van der Waals surface area contributed by atoms with Gasteiger partial charge in [-0.3, -0.25) is 4.98 Å². The molecule has 1 fully saturated rings. The SMILES string of the molecule is FC1NNNC1c1ccnc(-c2cn(Cc3cccc(Cl)c3Cl)cn2)c1. The Morgan fingerprint density at radius 1 is 1.12 bits per heavy atom. The fraction of sp³-hybridized carbons (Fsp3) is 0.176. The second-order valence-electron chi connectivity index (χ2n) is 5.91. The third-order valence-electron chi connectivity index (χ3n) is 4.15. The van der Waals surface area contributed by atoms with Crippen LogP contribution in [0.1, 0.15) is 17.2 Å². The van der Waals surface area contributed by atoms with Gasteiger partial charge in [0.25, 0.3) is 0 Å². The van der Waals surface area contributed by atoms with E-state index < -0.39 is 12.3 Å². The summed E-state index contributed by atoms with van der Waals surface area (Å²) in [5, 5.41) is 1.05. The highest BCUT2D eigenvalue weighted by Crippen LogP contribution is 2.27. The molecule has 6 nitrogen and oxygen atoms in total. The van der Waals surface area contributed by atoms with E-state index >= 15 is 0 Å². The monoisotopic (exact) mass is 392 g/mol. The van der Waals surface area contributed by atoms with Crippen molar-refractivity contribution in [3.63, 3.8) is 0 Å². The molecular formula is C17H15Cl2FN6. The number of halogens is 3. The van der Waals surface area contributed by atoms with Gasteiger partial charge >= 0.3 is 0 Å². The van der Waals surface area contributed by atoms with Gasteiger partial charge in [0.2, 0.25) is 0 Å². The summed E-state index contributed by atoms with van der Waals surface area (Å²) in [4.78, 5) is 8.74. The Balaban J connectivity index is 1.57. The van der Waals surface area contributed by atoms with Crippen LogP contribution in [-0.4, -0.2) is 20.8 Å². The van der Waals surface area contributed by atoms with Crippen molar-refractivity contribution in [2.24, 2.45) is 0 Å². The molecule has 3 N–H and O–H groups in total. The molecule has 0 amide bonds. The van der Waals surface area contributed by atoms with E-state index in [1.807, 2.05) is 29.0 Å². The summed E-state index contributed by atoms with van der Waals surface area (Å²) < 4.78 is 15.7. The Hall–Kier alpha value is -2.03. The van der Waals surface area contributed by atoms with Crippen LogP contribution in [-0.2, 0) is 6.54 Å². The summed E-state index contributed by atoms with van der Waals surface area (Å²) in [6, 6.07) is 8.62. The maximum absolute atomic E-state index is 13.8. The summed E-state index contributed by atoms with van der Waals surface area (Å²) in [6.45, 7) is 0.538. The van der Waals surface area contributed by atoms with Gasteiger partial charge in [-0.25, -0.2) is 20.2 Å². The molecule has 1 aromatic carbocycles. The number of nitrogens with one attached hydrogen (secondary N) is 3. The summed E-state index contributed by atoms with van der Waals surface area (Å²) in [5.41, 5.74) is 10.9. The highest BCUT2D eigenvalue weighted by molar-refractivity contribution is 6.42. The lowest BCUT2D eigenvalue weighted by atomic mass is 10.1. The van der Waals surface area contributed by atoms with Crippen molar-refractivity contribution in [1.29, 1.82) is 0 Å². The second kappa shape index (κ2) is 7.30. The molecule has 2 atom stereocenters. The first-order chi connectivity index (χ1) is 12.6. The zero-order valence-corrected chi connectivity index (χ0v) is 15.0. The summed E-state index contributed by atoms with van der Waals surface area (Å²) >= 11 is 12.3. The van der Waals surface area contributed by atoms with Gasteiger partial charge in [0.1, 0.15) is 5.69 Å². The minimum atomic E-state index is -1.23. The zero-order valence-electron chi connectivity index (χ0n) is 13.5. The molecule has 134 valence electrons. The average Bonchev–Trinajstić information content (AvgIpc) is 3.28. The number of benzene rings is 1. The highest BCUT2D eigenvalue weighted by Gasteiger charge is 2.27. The number of hydrogen-bond acceptors (Lipinski definition) is 5. The average molecular weight is 393 g/mol. The van der Waals surface area contributed by atoms with E-state index in [9.17, 15) is 4.39 Å². The first-order valence-electron chi connectivity index (χ1n) is 7.93. The van der Waals surface area contributed by atoms with Crippen LogP contribution in [0.15, 0.2) is 49.1 Å². The Morgan fingerprint density at radius 3 is 2.81 bits per heavy atom. The van der Waals surface area contributed by atoms with E-state index in [4.69, 9.17) is 23.2 Å². The van der Waals surface area contributed by atoms with Crippen LogP contribution < -0.4 is 16.4 Å². The van der Waals surface area contributed by atoms with E-state index in [1.165, 1.54) is 0 Å². The van der Waals surface area contributed by atoms with Gasteiger partial charge in [-0.2, -0.15) is 5.53 Å². The molecule has 1 aliphatic heterocycles. The van der Waals surface area contributed by atoms with Crippen molar-refractivity contribution in [2.75, 3.05) is 0 Å². The van der Waals surface area contributed by atoms with Gasteiger partial charge in [0, 0.05) is 12.4 Å². The van der Waals surface area contributed by atoms with E-state index in [0.717, 1.165) is 11.1 Å². The third-order valence-corrected chi connectivity index (χ3v) is 5.01. The first kappa shape index (κ1) is 17.4. The lowest BCUT2D eigenvalue weighted by Gasteiger charge is -2.11. The number of pyridine rings is 1. The van der Waals surface area contributed by atoms with E-state index in [2.05, 4.69) is 26.4 Å². The highest BCUT2D eigenvalue weighted by atomic mass is 35.5. The molecule has 0 radical (unpaired) electrons. The van der Waals surface area contributed by atoms with Crippen LogP contribution >= 0.6 is 23.2 Å². The Morgan fingerprint density at radius 2 is 2.00 bits per heavy atom. The largest absolute Gasteiger partial charge is 0.332 e. The third kappa shape index (κ3) is 3.44. The number of hydrogen-bond donors (Lipinski definition) is 3. The molecular weight excluding hydrogens is 378 g/mol. The molecule has 1 aliphatic rings. The maximum atomic E-state index is 13.8. The Labute approximate surface area is 159 Å². The summed E-state index contributed by atoms with van der Waals surface area (Å²) in [7, 11) is 0. The number of hydrazine groups is 2. The van der Waals surface area contributed by atoms with Crippen molar-refractivity contribution >= 4 is 23.2 Å². The molecule has 3 aromatic rings. The van der Waals surface area contributed by atoms with Crippen molar-refractivity contribution in [3.8, 4) is 11.4 Å². The van der Waals surface area contributed by atoms with Crippen LogP contribution in [0.3, 0.4) is 0 Å². The number of aromatic nitrogens is 3. The van der Waals surface area contributed by atoms with Crippen molar-refractivity contribution in [3.05, 3.63) is 70.2 Å². The van der Waals surface area contributed by atoms with E-state index in [0.29, 0.717) is 28.0 Å². The molecule has 2 aromatic heterocycles. The van der Waals surface area contributed by atoms with Crippen LogP contribution in [0.5, 0.6) is 0 Å². The Bertz CT molecular complexity index is 931. The standard InChI is InChI=1S/C17H15Cl2FN6/c18-12-3-1-2-11(15(12)19)7-26-8-14(22-9-26)13-6-10(4-5-21-13)16-17(20)24-25-23-16/h1-6,8-9,16-17,23-25H,7H2. The minimum absolute atomic E-state index is 0.496. The van der Waals surface area contributed by atoms with Crippen molar-refractivity contribution in [2.45, 2.75) is 18.9 Å². The quantitative estimate of drug-likeness (QED) is 0.594. The van der Waals surface area contributed by atoms with Gasteiger partial charge < -0.3 is 4.57 Å². The summed E-state index contributed by atoms with van der Waals surface area (Å²) in [5.74, 6) is 0. The molecule has 1 saturated heterocycles. The molecule has 9 heteroatoms. The number of nitrogens with zero attached hydrogens (tertiary/aromatic N) is 3. The first-order valence-corrected chi connectivity index (χ1v) is 8.68. The molecule has 0 spiro atoms. The fourth-order valence-electron chi connectivity index (χ4n) is 2.82. The van der Waals surface area contributed by atoms with Crippen molar-refractivity contribution in [1.82, 2.24) is 30.9 Å². The van der Waals surface area contributed by atoms with Crippen LogP contribution in [0.4, 0.5) is 4.39 Å². The Kier molecular flexibility index (Phi) is 4.88. The minimum Gasteiger partial charge on any atom is -0.332 e. The number of alkyl halides is 1. The molecule has 0 saturated carbocycles. The molecule has 26 heavy (non-hydrogen) atoms. The van der Waals surface area contributed by atoms with Gasteiger partial charge in [0.15, 0.2) is 6.30 Å². The van der Waals surface area contributed by atoms with Gasteiger partial charge in [-0.15, -0.1) is 0 Å². The lowest BCUT2D eigenvalue weighted by molar-refractivity contribution is 0.272. The van der Waals surface area contributed by atoms with Gasteiger partial charge in [0.05, 0.1) is 34.7 Å². The molecule has 2 unspecified atom stereocenters. The maximum Gasteiger partial charge on any atom is 0.185 e. The smallest absolute Gasteiger partial charge is 0.185 e. The zero-order chi connectivity index (χ0) is 18.1. The fourth-order valence-corrected chi connectivity index (χ4v) is 3.20. The van der Waals surface area contributed by atoms with Crippen LogP contribution in [0.2, 0.25) is 10.0 Å². The van der Waals surface area contributed by atoms with Crippen LogP contribution in [0, 0.1) is 0 Å². The lowest BCUT2D eigenvalue weighted by Crippen LogP contribution is -2.31. The van der Waals surface area contributed by atoms with Gasteiger partial charge in [-0.05, 0) is 29.3 Å². The van der Waals surface area contributed by atoms with Crippen LogP contribution in [0.25, 0.3) is 11.4 Å². The molecule has 0 aliphatic carbocycles. The topological polar surface area (TPSA) is 66.8 Å². The van der Waals surface area contributed by atoms with Crippen molar-refractivity contribution < 1.29 is 4.39 Å². The number of rotatable bonds is 4. The molecule has 3 heterocycles. The molecule has 0 bridgehead atoms. The van der Waals surface area contributed by atoms with Gasteiger partial charge in [-0.1, -0.05) is 35.3 Å². The summed E-state index contributed by atoms with van der Waals surface area (Å²) in [6.07, 6.45) is 3.99. The van der Waals surface area contributed by atoms with E-state index in [-0.39, 0.29) is 0 Å². The molecule has 4 rings (SSSR count). The number of imidazole rings is 1. The predicted molar refractivity (Wildman–Crippen MR) is 98.1 cm³/mol. The second-order valence-corrected chi connectivity index (χ2v) is 6.70. The normalized spacial score (nSPS) is 19.8.